The van der Waals surface area contributed by atoms with E-state index in [0.717, 1.165) is 19.3 Å². The molecule has 1 saturated carbocycles. The minimum Gasteiger partial charge on any atom is -0.300 e. The molecule has 1 aliphatic rings. The predicted molar refractivity (Wildman–Crippen MR) is 83.4 cm³/mol. The van der Waals surface area contributed by atoms with Gasteiger partial charge < -0.3 is 0 Å². The van der Waals surface area contributed by atoms with Crippen LogP contribution >= 0.6 is 0 Å². The Bertz CT molecular complexity index is 222. The summed E-state index contributed by atoms with van der Waals surface area (Å²) in [6.45, 7) is 2.26. The van der Waals surface area contributed by atoms with Crippen LogP contribution in [0.5, 0.6) is 0 Å². The van der Waals surface area contributed by atoms with E-state index >= 15 is 0 Å². The number of carbonyl (C=O) groups is 1. The smallest absolute Gasteiger partial charge is 0.133 e. The largest absolute Gasteiger partial charge is 0.300 e. The Balaban J connectivity index is 2.21. The maximum atomic E-state index is 11.8. The van der Waals surface area contributed by atoms with Gasteiger partial charge in [0.05, 0.1) is 0 Å². The van der Waals surface area contributed by atoms with E-state index in [9.17, 15) is 4.79 Å². The standard InChI is InChI=1S/C18H34O/c1-17-14-12-10-8-6-4-2-3-5-7-9-11-13-15-18(19)16-17/h17H,2-16H2,1H3/t17-/m1/s1. The van der Waals surface area contributed by atoms with Crippen molar-refractivity contribution < 1.29 is 4.79 Å². The molecule has 1 aliphatic carbocycles. The fraction of sp³-hybridized carbons (Fsp3) is 0.944. The van der Waals surface area contributed by atoms with E-state index in [0.29, 0.717) is 11.7 Å². The summed E-state index contributed by atoms with van der Waals surface area (Å²) in [7, 11) is 0. The molecule has 1 nitrogen and oxygen atoms in total. The molecule has 1 fully saturated rings. The van der Waals surface area contributed by atoms with Crippen LogP contribution in [0.4, 0.5) is 0 Å². The lowest BCUT2D eigenvalue weighted by Crippen LogP contribution is -2.05. The van der Waals surface area contributed by atoms with Crippen LogP contribution in [0.25, 0.3) is 0 Å². The van der Waals surface area contributed by atoms with Gasteiger partial charge in [-0.25, -0.2) is 0 Å². The SMILES string of the molecule is C[C@@H]1CCCCCCCCCCCCCCC(=O)C1. The summed E-state index contributed by atoms with van der Waals surface area (Å²) in [6, 6.07) is 0. The molecule has 0 spiro atoms. The first-order chi connectivity index (χ1) is 9.29. The lowest BCUT2D eigenvalue weighted by molar-refractivity contribution is -0.120. The number of Topliss-reactive ketones (excluding diaryl/α,β-unsaturated/α-hetero) is 1. The molecule has 0 N–H and O–H groups in total. The van der Waals surface area contributed by atoms with Crippen LogP contribution in [0.1, 0.15) is 103 Å². The molecule has 0 radical (unpaired) electrons. The highest BCUT2D eigenvalue weighted by molar-refractivity contribution is 5.78. The summed E-state index contributed by atoms with van der Waals surface area (Å²) in [5, 5.41) is 0. The minimum atomic E-state index is 0.511. The lowest BCUT2D eigenvalue weighted by Gasteiger charge is -2.10. The maximum Gasteiger partial charge on any atom is 0.133 e. The van der Waals surface area contributed by atoms with Gasteiger partial charge in [-0.05, 0) is 12.3 Å². The van der Waals surface area contributed by atoms with E-state index in [1.165, 1.54) is 77.0 Å². The highest BCUT2D eigenvalue weighted by Gasteiger charge is 2.09. The van der Waals surface area contributed by atoms with Crippen molar-refractivity contribution in [2.24, 2.45) is 5.92 Å². The molecule has 112 valence electrons. The fourth-order valence-corrected chi connectivity index (χ4v) is 3.18. The van der Waals surface area contributed by atoms with Gasteiger partial charge in [0.15, 0.2) is 0 Å². The summed E-state index contributed by atoms with van der Waals surface area (Å²) < 4.78 is 0. The Morgan fingerprint density at radius 2 is 1.11 bits per heavy atom. The third-order valence-electron chi connectivity index (χ3n) is 4.48. The molecule has 0 unspecified atom stereocenters. The molecule has 0 saturated heterocycles. The first-order valence-electron chi connectivity index (χ1n) is 8.81. The van der Waals surface area contributed by atoms with Crippen molar-refractivity contribution in [3.63, 3.8) is 0 Å². The minimum absolute atomic E-state index is 0.511. The van der Waals surface area contributed by atoms with Gasteiger partial charge in [0.25, 0.3) is 0 Å². The van der Waals surface area contributed by atoms with Crippen molar-refractivity contribution in [1.29, 1.82) is 0 Å². The van der Waals surface area contributed by atoms with E-state index in [-0.39, 0.29) is 0 Å². The zero-order valence-electron chi connectivity index (χ0n) is 13.1. The Labute approximate surface area is 120 Å². The van der Waals surface area contributed by atoms with Crippen LogP contribution < -0.4 is 0 Å². The van der Waals surface area contributed by atoms with Crippen molar-refractivity contribution in [2.45, 2.75) is 103 Å². The van der Waals surface area contributed by atoms with E-state index < -0.39 is 0 Å². The monoisotopic (exact) mass is 266 g/mol. The molecule has 0 bridgehead atoms. The second-order valence-corrected chi connectivity index (χ2v) is 6.63. The molecular weight excluding hydrogens is 232 g/mol. The molecule has 1 rings (SSSR count). The maximum absolute atomic E-state index is 11.8. The van der Waals surface area contributed by atoms with Gasteiger partial charge in [0.2, 0.25) is 0 Å². The molecule has 1 atom stereocenters. The van der Waals surface area contributed by atoms with Gasteiger partial charge in [0.1, 0.15) is 5.78 Å². The van der Waals surface area contributed by atoms with Crippen LogP contribution in [-0.4, -0.2) is 5.78 Å². The topological polar surface area (TPSA) is 17.1 Å². The van der Waals surface area contributed by atoms with Crippen molar-refractivity contribution in [3.05, 3.63) is 0 Å². The second kappa shape index (κ2) is 11.5. The number of rotatable bonds is 0. The molecule has 0 aromatic rings. The number of carbonyl (C=O) groups excluding carboxylic acids is 1. The molecule has 1 heteroatoms. The highest BCUT2D eigenvalue weighted by atomic mass is 16.1. The summed E-state index contributed by atoms with van der Waals surface area (Å²) in [5.74, 6) is 1.12. The summed E-state index contributed by atoms with van der Waals surface area (Å²) in [4.78, 5) is 11.8. The average Bonchev–Trinajstić information content (AvgIpc) is 2.38. The van der Waals surface area contributed by atoms with Gasteiger partial charge in [-0.15, -0.1) is 0 Å². The molecule has 0 amide bonds. The molecule has 0 aromatic carbocycles. The summed E-state index contributed by atoms with van der Waals surface area (Å²) >= 11 is 0. The molecule has 0 aromatic heterocycles. The second-order valence-electron chi connectivity index (χ2n) is 6.63. The third-order valence-corrected chi connectivity index (χ3v) is 4.48. The van der Waals surface area contributed by atoms with E-state index in [2.05, 4.69) is 6.92 Å². The normalized spacial score (nSPS) is 26.8. The Morgan fingerprint density at radius 1 is 0.684 bits per heavy atom. The summed E-state index contributed by atoms with van der Waals surface area (Å²) in [6.07, 6.45) is 19.3. The average molecular weight is 266 g/mol. The van der Waals surface area contributed by atoms with Crippen LogP contribution in [0.3, 0.4) is 0 Å². The zero-order valence-corrected chi connectivity index (χ0v) is 13.1. The van der Waals surface area contributed by atoms with Crippen molar-refractivity contribution in [2.75, 3.05) is 0 Å². The number of hydrogen-bond acceptors (Lipinski definition) is 1. The summed E-state index contributed by atoms with van der Waals surface area (Å²) in [5.41, 5.74) is 0. The van der Waals surface area contributed by atoms with Crippen molar-refractivity contribution in [3.8, 4) is 0 Å². The van der Waals surface area contributed by atoms with Gasteiger partial charge in [-0.3, -0.25) is 4.79 Å². The van der Waals surface area contributed by atoms with E-state index in [1.807, 2.05) is 0 Å². The Kier molecular flexibility index (Phi) is 10.1. The zero-order chi connectivity index (χ0) is 13.8. The first-order valence-corrected chi connectivity index (χ1v) is 8.81. The Hall–Kier alpha value is -0.330. The van der Waals surface area contributed by atoms with Gasteiger partial charge in [-0.1, -0.05) is 84.0 Å². The van der Waals surface area contributed by atoms with E-state index in [4.69, 9.17) is 0 Å². The van der Waals surface area contributed by atoms with Crippen LogP contribution in [0.15, 0.2) is 0 Å². The molecule has 19 heavy (non-hydrogen) atoms. The van der Waals surface area contributed by atoms with Crippen molar-refractivity contribution in [1.82, 2.24) is 0 Å². The molecular formula is C18H34O. The number of ketones is 1. The quantitative estimate of drug-likeness (QED) is 0.521. The van der Waals surface area contributed by atoms with E-state index in [1.54, 1.807) is 0 Å². The molecule has 0 heterocycles. The fourth-order valence-electron chi connectivity index (χ4n) is 3.18. The van der Waals surface area contributed by atoms with Gasteiger partial charge >= 0.3 is 0 Å². The third kappa shape index (κ3) is 10.2. The predicted octanol–water partition coefficient (Wildman–Crippen LogP) is 6.06. The molecule has 0 aliphatic heterocycles. The lowest BCUT2D eigenvalue weighted by atomic mass is 9.95. The van der Waals surface area contributed by atoms with Crippen molar-refractivity contribution >= 4 is 5.78 Å². The number of hydrogen-bond donors (Lipinski definition) is 0. The van der Waals surface area contributed by atoms with Gasteiger partial charge in [-0.2, -0.15) is 0 Å². The first kappa shape index (κ1) is 16.7. The van der Waals surface area contributed by atoms with Crippen LogP contribution in [-0.2, 0) is 4.79 Å². The van der Waals surface area contributed by atoms with Gasteiger partial charge in [0, 0.05) is 12.8 Å². The van der Waals surface area contributed by atoms with Crippen LogP contribution in [0, 0.1) is 5.92 Å². The highest BCUT2D eigenvalue weighted by Crippen LogP contribution is 2.18. The van der Waals surface area contributed by atoms with Crippen LogP contribution in [0.2, 0.25) is 0 Å². The Morgan fingerprint density at radius 3 is 1.63 bits per heavy atom.